The van der Waals surface area contributed by atoms with Crippen LogP contribution in [0, 0.1) is 13.8 Å². The topological polar surface area (TPSA) is 420 Å². The van der Waals surface area contributed by atoms with Crippen LogP contribution in [0.25, 0.3) is 12.2 Å². The van der Waals surface area contributed by atoms with Crippen LogP contribution in [0.2, 0.25) is 0 Å². The summed E-state index contributed by atoms with van der Waals surface area (Å²) in [5.74, 6) is 0. The summed E-state index contributed by atoms with van der Waals surface area (Å²) >= 11 is 0. The maximum Gasteiger partial charge on any atom is 0.295 e. The molecular formula is C40H36N12O12S4. The van der Waals surface area contributed by atoms with Gasteiger partial charge in [0.15, 0.2) is 0 Å². The van der Waals surface area contributed by atoms with Crippen molar-refractivity contribution in [2.24, 2.45) is 40.9 Å². The van der Waals surface area contributed by atoms with E-state index in [0.29, 0.717) is 11.1 Å². The van der Waals surface area contributed by atoms with Gasteiger partial charge in [-0.05, 0) is 121 Å². The van der Waals surface area contributed by atoms with E-state index in [1.807, 2.05) is 0 Å². The third-order valence-electron chi connectivity index (χ3n) is 9.47. The van der Waals surface area contributed by atoms with E-state index in [4.69, 9.17) is 22.9 Å². The molecule has 0 radical (unpaired) electrons. The number of benzene rings is 6. The van der Waals surface area contributed by atoms with E-state index >= 15 is 0 Å². The highest BCUT2D eigenvalue weighted by Crippen LogP contribution is 2.43. The van der Waals surface area contributed by atoms with Gasteiger partial charge in [0.25, 0.3) is 40.5 Å². The second kappa shape index (κ2) is 19.3. The van der Waals surface area contributed by atoms with Gasteiger partial charge in [0.2, 0.25) is 0 Å². The summed E-state index contributed by atoms with van der Waals surface area (Å²) in [6, 6.07) is 19.6. The predicted molar refractivity (Wildman–Crippen MR) is 251 cm³/mol. The van der Waals surface area contributed by atoms with Crippen LogP contribution in [0.5, 0.6) is 0 Å². The summed E-state index contributed by atoms with van der Waals surface area (Å²) in [6.45, 7) is 3.23. The van der Waals surface area contributed by atoms with E-state index < -0.39 is 50.3 Å². The molecule has 0 unspecified atom stereocenters. The molecule has 12 N–H and O–H groups in total. The van der Waals surface area contributed by atoms with Crippen LogP contribution in [0.1, 0.15) is 22.3 Å². The molecule has 0 spiro atoms. The van der Waals surface area contributed by atoms with Crippen molar-refractivity contribution in [1.82, 2.24) is 0 Å². The number of nitrogens with zero attached hydrogens (tertiary/aromatic N) is 8. The maximum absolute atomic E-state index is 12.6. The molecule has 0 bridgehead atoms. The number of nitrogens with two attached hydrogens (primary N) is 4. The number of azo groups is 4. The smallest absolute Gasteiger partial charge is 0.295 e. The van der Waals surface area contributed by atoms with Crippen LogP contribution in [0.15, 0.2) is 158 Å². The number of hydrogen-bond donors (Lipinski definition) is 8. The molecule has 0 aliphatic rings. The van der Waals surface area contributed by atoms with Gasteiger partial charge in [-0.2, -0.15) is 54.1 Å². The van der Waals surface area contributed by atoms with E-state index in [1.54, 1.807) is 13.8 Å². The van der Waals surface area contributed by atoms with Crippen molar-refractivity contribution < 1.29 is 51.9 Å². The van der Waals surface area contributed by atoms with Gasteiger partial charge in [0.05, 0.1) is 55.3 Å². The van der Waals surface area contributed by atoms with Crippen molar-refractivity contribution in [2.45, 2.75) is 33.4 Å². The first-order valence-electron chi connectivity index (χ1n) is 18.8. The number of rotatable bonds is 14. The molecule has 0 heterocycles. The zero-order valence-electron chi connectivity index (χ0n) is 35.0. The number of nitrogen functional groups attached to an aromatic ring is 4. The Labute approximate surface area is 387 Å². The van der Waals surface area contributed by atoms with Crippen molar-refractivity contribution in [3.63, 3.8) is 0 Å². The van der Waals surface area contributed by atoms with E-state index in [-0.39, 0.29) is 89.2 Å². The second-order valence-electron chi connectivity index (χ2n) is 14.2. The lowest BCUT2D eigenvalue weighted by Crippen LogP contribution is -2.01. The standard InChI is InChI=1S/C40H36N12O12S4/c1-21-17-31(49-45-25-9-13-29(14-10-25)65(53,54)55)37(43)39(35(21)41)51-47-27-7-5-23(33(19-27)67(59,60)61)3-4-24-6-8-28(20-34(24)68(62,63)64)48-52-40-36(42)22(2)18-32(38(40)44)50-46-26-11-15-30(16-12-26)66(56,57)58/h3-20H,41-44H2,1-2H3,(H,53,54,55)(H,56,57,58)(H,59,60,61)(H,62,63,64)/b4-3+,49-45?,50-46?,51-47?,52-48?. The Morgan fingerprint density at radius 1 is 0.382 bits per heavy atom. The molecule has 352 valence electrons. The highest BCUT2D eigenvalue weighted by molar-refractivity contribution is 7.86. The van der Waals surface area contributed by atoms with Gasteiger partial charge in [-0.1, -0.05) is 24.3 Å². The number of hydrogen-bond acceptors (Lipinski definition) is 20. The predicted octanol–water partition coefficient (Wildman–Crippen LogP) is 9.45. The normalized spacial score (nSPS) is 13.0. The molecule has 0 amide bonds. The molecule has 0 saturated heterocycles. The number of anilines is 4. The molecule has 6 aromatic rings. The Morgan fingerprint density at radius 3 is 1.00 bits per heavy atom. The molecule has 0 atom stereocenters. The van der Waals surface area contributed by atoms with Crippen molar-refractivity contribution in [3.05, 3.63) is 119 Å². The summed E-state index contributed by atoms with van der Waals surface area (Å²) in [7, 11) is -18.8. The lowest BCUT2D eigenvalue weighted by atomic mass is 10.1. The molecule has 0 saturated carbocycles. The Kier molecular flexibility index (Phi) is 14.1. The molecule has 6 rings (SSSR count). The van der Waals surface area contributed by atoms with Gasteiger partial charge in [-0.25, -0.2) is 0 Å². The van der Waals surface area contributed by atoms with E-state index in [9.17, 15) is 51.9 Å². The molecule has 0 fully saturated rings. The minimum Gasteiger partial charge on any atom is -0.397 e. The Balaban J connectivity index is 1.26. The minimum atomic E-state index is -4.97. The van der Waals surface area contributed by atoms with E-state index in [1.165, 1.54) is 60.7 Å². The fourth-order valence-electron chi connectivity index (χ4n) is 5.89. The quantitative estimate of drug-likeness (QED) is 0.0218. The SMILES string of the molecule is Cc1cc(N=Nc2ccc(S(=O)(=O)O)cc2)c(N)c(N=Nc2ccc(/C=C/c3ccc(N=Nc4c(N)c(C)cc(N=Nc5ccc(S(=O)(=O)O)cc5)c4N)cc3S(=O)(=O)O)c(S(=O)(=O)O)c2)c1N. The fraction of sp³-hybridized carbons (Fsp3) is 0.0500. The van der Waals surface area contributed by atoms with Crippen LogP contribution in [0.3, 0.4) is 0 Å². The van der Waals surface area contributed by atoms with Crippen LogP contribution < -0.4 is 22.9 Å². The molecular weight excluding hydrogens is 969 g/mol. The number of aryl methyl sites for hydroxylation is 2. The zero-order valence-corrected chi connectivity index (χ0v) is 38.2. The Bertz CT molecular complexity index is 3390. The highest BCUT2D eigenvalue weighted by atomic mass is 32.2. The molecule has 0 aliphatic heterocycles. The van der Waals surface area contributed by atoms with Crippen molar-refractivity contribution in [2.75, 3.05) is 22.9 Å². The summed E-state index contributed by atoms with van der Waals surface area (Å²) in [6.07, 6.45) is 2.29. The monoisotopic (exact) mass is 1000 g/mol. The molecule has 24 nitrogen and oxygen atoms in total. The Hall–Kier alpha value is -7.70. The molecule has 28 heteroatoms. The first kappa shape index (κ1) is 49.7. The summed E-state index contributed by atoms with van der Waals surface area (Å²) in [5, 5.41) is 32.5. The Morgan fingerprint density at radius 2 is 0.691 bits per heavy atom. The molecule has 68 heavy (non-hydrogen) atoms. The van der Waals surface area contributed by atoms with E-state index in [2.05, 4.69) is 40.9 Å². The summed E-state index contributed by atoms with van der Waals surface area (Å²) < 4.78 is 134. The largest absolute Gasteiger partial charge is 0.397 e. The summed E-state index contributed by atoms with van der Waals surface area (Å²) in [5.41, 5.74) is 25.9. The molecule has 0 aromatic heterocycles. The minimum absolute atomic E-state index is 0.0670. The fourth-order valence-corrected chi connectivity index (χ4v) is 8.26. The van der Waals surface area contributed by atoms with Crippen LogP contribution in [-0.2, 0) is 40.5 Å². The molecule has 6 aromatic carbocycles. The van der Waals surface area contributed by atoms with Gasteiger partial charge < -0.3 is 22.9 Å². The van der Waals surface area contributed by atoms with Gasteiger partial charge in [0, 0.05) is 0 Å². The van der Waals surface area contributed by atoms with Crippen molar-refractivity contribution in [1.29, 1.82) is 0 Å². The summed E-state index contributed by atoms with van der Waals surface area (Å²) in [4.78, 5) is -2.06. The third-order valence-corrected chi connectivity index (χ3v) is 13.0. The third kappa shape index (κ3) is 11.8. The average Bonchev–Trinajstić information content (AvgIpc) is 3.26. The maximum atomic E-state index is 12.6. The first-order valence-corrected chi connectivity index (χ1v) is 24.6. The van der Waals surface area contributed by atoms with Crippen LogP contribution >= 0.6 is 0 Å². The average molecular weight is 1010 g/mol. The van der Waals surface area contributed by atoms with E-state index in [0.717, 1.165) is 48.6 Å². The second-order valence-corrected chi connectivity index (χ2v) is 19.9. The highest BCUT2D eigenvalue weighted by Gasteiger charge is 2.20. The first-order chi connectivity index (χ1) is 31.7. The van der Waals surface area contributed by atoms with Gasteiger partial charge >= 0.3 is 0 Å². The van der Waals surface area contributed by atoms with Crippen molar-refractivity contribution >= 4 is 121 Å². The van der Waals surface area contributed by atoms with Crippen LogP contribution in [0.4, 0.5) is 68.2 Å². The van der Waals surface area contributed by atoms with Gasteiger partial charge in [-0.3, -0.25) is 18.2 Å². The lowest BCUT2D eigenvalue weighted by Gasteiger charge is -2.10. The van der Waals surface area contributed by atoms with Crippen LogP contribution in [-0.4, -0.2) is 51.9 Å². The zero-order chi connectivity index (χ0) is 49.9. The lowest BCUT2D eigenvalue weighted by molar-refractivity contribution is 0.480. The van der Waals surface area contributed by atoms with Gasteiger partial charge in [0.1, 0.15) is 32.5 Å². The van der Waals surface area contributed by atoms with Gasteiger partial charge in [-0.15, -0.1) is 20.5 Å². The van der Waals surface area contributed by atoms with Crippen molar-refractivity contribution in [3.8, 4) is 0 Å². The molecule has 0 aliphatic carbocycles.